The van der Waals surface area contributed by atoms with Crippen LogP contribution in [0.1, 0.15) is 20.3 Å². The number of hydrogen-bond acceptors (Lipinski definition) is 1. The van der Waals surface area contributed by atoms with Gasteiger partial charge < -0.3 is 4.74 Å². The van der Waals surface area contributed by atoms with Crippen LogP contribution >= 0.6 is 0 Å². The molecule has 74 valence electrons. The average molecular weight is 212 g/mol. The zero-order valence-corrected chi connectivity index (χ0v) is 11.8. The van der Waals surface area contributed by atoms with Crippen LogP contribution < -0.4 is 0 Å². The third kappa shape index (κ3) is 3.25. The van der Waals surface area contributed by atoms with E-state index in [0.29, 0.717) is 9.04 Å². The van der Waals surface area contributed by atoms with E-state index >= 15 is 0 Å². The van der Waals surface area contributed by atoms with E-state index in [4.69, 9.17) is 4.74 Å². The molecule has 0 N–H and O–H groups in total. The predicted octanol–water partition coefficient (Wildman–Crippen LogP) is 0.926. The van der Waals surface area contributed by atoms with Gasteiger partial charge in [0.2, 0.25) is 0 Å². The maximum atomic E-state index is 5.69. The van der Waals surface area contributed by atoms with Crippen LogP contribution in [0.15, 0.2) is 23.4 Å². The van der Waals surface area contributed by atoms with Crippen LogP contribution in [0.25, 0.3) is 0 Å². The molecule has 0 heterocycles. The normalized spacial score (nSPS) is 29.3. The molecule has 0 aromatic carbocycles. The van der Waals surface area contributed by atoms with Crippen molar-refractivity contribution in [1.29, 1.82) is 0 Å². The Morgan fingerprint density at radius 3 is 2.85 bits per heavy atom. The molecule has 0 aliphatic heterocycles. The average Bonchev–Trinajstić information content (AvgIpc) is 2.10. The summed E-state index contributed by atoms with van der Waals surface area (Å²) in [6.07, 6.45) is 8.04. The molecular weight excluding hydrogens is 192 g/mol. The van der Waals surface area contributed by atoms with Crippen molar-refractivity contribution in [3.8, 4) is 0 Å². The van der Waals surface area contributed by atoms with Gasteiger partial charge in [-0.25, -0.2) is 0 Å². The summed E-state index contributed by atoms with van der Waals surface area (Å²) < 4.78 is 5.69. The third-order valence-electron chi connectivity index (χ3n) is 2.43. The summed E-state index contributed by atoms with van der Waals surface area (Å²) >= 11 is 0. The molecule has 13 heavy (non-hydrogen) atoms. The van der Waals surface area contributed by atoms with Gasteiger partial charge in [-0.05, 0) is 20.3 Å². The lowest BCUT2D eigenvalue weighted by Crippen LogP contribution is -2.27. The molecule has 1 aliphatic carbocycles. The van der Waals surface area contributed by atoms with Crippen LogP contribution in [0.3, 0.4) is 0 Å². The van der Waals surface area contributed by atoms with Crippen LogP contribution in [0.4, 0.5) is 0 Å². The lowest BCUT2D eigenvalue weighted by Gasteiger charge is -2.27. The molecule has 0 spiro atoms. The number of ether oxygens (including phenoxy) is 1. The lowest BCUT2D eigenvalue weighted by molar-refractivity contribution is 0.0152. The maximum absolute atomic E-state index is 5.69. The van der Waals surface area contributed by atoms with Crippen LogP contribution in [-0.2, 0) is 4.74 Å². The molecule has 1 unspecified atom stereocenters. The van der Waals surface area contributed by atoms with E-state index in [-0.39, 0.29) is 14.6 Å². The van der Waals surface area contributed by atoms with Crippen LogP contribution in [0.2, 0.25) is 6.55 Å². The fraction of sp³-hybridized carbons (Fsp3) is 0.600. The molecule has 0 aromatic rings. The standard InChI is InChI=1S/C10H20OSi2/c1-4-11-10(2)7-5-9(6-8-10)13-12-3/h5-7H,4,8,12-13H2,1-3H3. The van der Waals surface area contributed by atoms with Crippen molar-refractivity contribution in [3.05, 3.63) is 23.4 Å². The fourth-order valence-corrected chi connectivity index (χ4v) is 5.72. The van der Waals surface area contributed by atoms with Gasteiger partial charge in [-0.15, -0.1) is 0 Å². The first-order valence-electron chi connectivity index (χ1n) is 5.22. The molecule has 0 aromatic heterocycles. The summed E-state index contributed by atoms with van der Waals surface area (Å²) in [5.41, 5.74) is -0.0120. The first-order chi connectivity index (χ1) is 6.20. The molecule has 0 saturated carbocycles. The second-order valence-electron chi connectivity index (χ2n) is 3.81. The quantitative estimate of drug-likeness (QED) is 0.630. The molecule has 0 saturated heterocycles. The Morgan fingerprint density at radius 2 is 2.38 bits per heavy atom. The smallest absolute Gasteiger partial charge is 0.0871 e. The van der Waals surface area contributed by atoms with Crippen molar-refractivity contribution in [3.63, 3.8) is 0 Å². The van der Waals surface area contributed by atoms with Crippen molar-refractivity contribution in [1.82, 2.24) is 0 Å². The summed E-state index contributed by atoms with van der Waals surface area (Å²) in [7, 11) is 0.471. The molecule has 1 atom stereocenters. The summed E-state index contributed by atoms with van der Waals surface area (Å²) in [6.45, 7) is 7.46. The largest absolute Gasteiger partial charge is 0.371 e. The zero-order chi connectivity index (χ0) is 9.73. The summed E-state index contributed by atoms with van der Waals surface area (Å²) in [5, 5.41) is 1.66. The van der Waals surface area contributed by atoms with E-state index in [1.807, 2.05) is 0 Å². The molecule has 3 heteroatoms. The van der Waals surface area contributed by atoms with E-state index in [1.165, 1.54) is 0 Å². The molecule has 1 nitrogen and oxygen atoms in total. The van der Waals surface area contributed by atoms with Gasteiger partial charge in [0.25, 0.3) is 0 Å². The van der Waals surface area contributed by atoms with Gasteiger partial charge in [0.1, 0.15) is 0 Å². The Kier molecular flexibility index (Phi) is 4.15. The Morgan fingerprint density at radius 1 is 1.62 bits per heavy atom. The van der Waals surface area contributed by atoms with E-state index in [1.54, 1.807) is 5.20 Å². The number of rotatable bonds is 4. The Balaban J connectivity index is 2.51. The van der Waals surface area contributed by atoms with Gasteiger partial charge >= 0.3 is 0 Å². The van der Waals surface area contributed by atoms with Crippen molar-refractivity contribution < 1.29 is 4.74 Å². The Hall–Kier alpha value is -0.126. The van der Waals surface area contributed by atoms with Crippen molar-refractivity contribution >= 4 is 18.1 Å². The lowest BCUT2D eigenvalue weighted by atomic mass is 9.97. The molecule has 1 rings (SSSR count). The Bertz CT molecular complexity index is 223. The number of allylic oxidation sites excluding steroid dienone is 2. The summed E-state index contributed by atoms with van der Waals surface area (Å²) in [4.78, 5) is 0. The third-order valence-corrected chi connectivity index (χ3v) is 7.27. The van der Waals surface area contributed by atoms with E-state index in [0.717, 1.165) is 13.0 Å². The van der Waals surface area contributed by atoms with E-state index in [9.17, 15) is 0 Å². The van der Waals surface area contributed by atoms with E-state index in [2.05, 4.69) is 38.6 Å². The minimum Gasteiger partial charge on any atom is -0.371 e. The van der Waals surface area contributed by atoms with Gasteiger partial charge in [-0.3, -0.25) is 0 Å². The Labute approximate surface area is 85.7 Å². The first kappa shape index (κ1) is 11.0. The SMILES string of the molecule is CCOC1(C)C=CC([SiH2][SiH2]C)=CC1. The van der Waals surface area contributed by atoms with Crippen molar-refractivity contribution in [2.75, 3.05) is 6.61 Å². The maximum Gasteiger partial charge on any atom is 0.0871 e. The molecule has 0 fully saturated rings. The van der Waals surface area contributed by atoms with Gasteiger partial charge in [-0.1, -0.05) is 30.0 Å². The van der Waals surface area contributed by atoms with Crippen molar-refractivity contribution in [2.24, 2.45) is 0 Å². The molecule has 0 amide bonds. The minimum atomic E-state index is -0.0120. The fourth-order valence-electron chi connectivity index (χ4n) is 1.66. The van der Waals surface area contributed by atoms with Crippen LogP contribution in [0, 0.1) is 0 Å². The first-order valence-corrected chi connectivity index (χ1v) is 11.3. The highest BCUT2D eigenvalue weighted by Gasteiger charge is 2.21. The minimum absolute atomic E-state index is 0.0120. The monoisotopic (exact) mass is 212 g/mol. The highest BCUT2D eigenvalue weighted by Crippen LogP contribution is 2.23. The van der Waals surface area contributed by atoms with Crippen LogP contribution in [-0.4, -0.2) is 30.3 Å². The molecular formula is C10H20OSi2. The molecule has 1 aliphatic rings. The summed E-state index contributed by atoms with van der Waals surface area (Å²) in [5.74, 6) is 0. The van der Waals surface area contributed by atoms with Gasteiger partial charge in [0.15, 0.2) is 0 Å². The van der Waals surface area contributed by atoms with Gasteiger partial charge in [-0.2, -0.15) is 0 Å². The molecule has 0 bridgehead atoms. The highest BCUT2D eigenvalue weighted by molar-refractivity contribution is 7.03. The topological polar surface area (TPSA) is 9.23 Å². The van der Waals surface area contributed by atoms with Crippen molar-refractivity contribution in [2.45, 2.75) is 32.4 Å². The van der Waals surface area contributed by atoms with Gasteiger partial charge in [0, 0.05) is 24.7 Å². The second-order valence-corrected chi connectivity index (χ2v) is 10.6. The van der Waals surface area contributed by atoms with Gasteiger partial charge in [0.05, 0.1) is 5.60 Å². The summed E-state index contributed by atoms with van der Waals surface area (Å²) in [6, 6.07) is 0. The highest BCUT2D eigenvalue weighted by atomic mass is 29.1. The molecule has 0 radical (unpaired) electrons. The second kappa shape index (κ2) is 4.93. The predicted molar refractivity (Wildman–Crippen MR) is 64.8 cm³/mol. The zero-order valence-electron chi connectivity index (χ0n) is 8.97. The number of hydrogen-bond donors (Lipinski definition) is 0. The van der Waals surface area contributed by atoms with E-state index < -0.39 is 0 Å². The van der Waals surface area contributed by atoms with Crippen LogP contribution in [0.5, 0.6) is 0 Å².